The van der Waals surface area contributed by atoms with Crippen LogP contribution in [0, 0.1) is 0 Å². The number of fused-ring (bicyclic) bond motifs is 1. The van der Waals surface area contributed by atoms with Crippen molar-refractivity contribution in [3.8, 4) is 0 Å². The van der Waals surface area contributed by atoms with Crippen molar-refractivity contribution in [1.82, 2.24) is 5.06 Å². The summed E-state index contributed by atoms with van der Waals surface area (Å²) >= 11 is 4.08. The van der Waals surface area contributed by atoms with Crippen molar-refractivity contribution in [1.29, 1.82) is 0 Å². The smallest absolute Gasteiger partial charge is 0.182 e. The molecule has 4 heteroatoms. The molecule has 0 radical (unpaired) electrons. The van der Waals surface area contributed by atoms with Gasteiger partial charge in [-0.05, 0) is 30.8 Å². The summed E-state index contributed by atoms with van der Waals surface area (Å²) in [4.78, 5) is 6.15. The van der Waals surface area contributed by atoms with E-state index in [1.54, 1.807) is 0 Å². The summed E-state index contributed by atoms with van der Waals surface area (Å²) in [7, 11) is 0. The molecule has 3 heterocycles. The van der Waals surface area contributed by atoms with Gasteiger partial charge in [-0.2, -0.15) is 5.06 Å². The monoisotopic (exact) mass is 231 g/mol. The SMILES string of the molecule is C1CSC2(CC3CCCCN3O2)SC1. The first-order valence-electron chi connectivity index (χ1n) is 5.62. The van der Waals surface area contributed by atoms with E-state index < -0.39 is 0 Å². The summed E-state index contributed by atoms with van der Waals surface area (Å²) in [5.41, 5.74) is 0. The minimum atomic E-state index is 0.118. The van der Waals surface area contributed by atoms with Gasteiger partial charge in [0.05, 0.1) is 0 Å². The van der Waals surface area contributed by atoms with Crippen molar-refractivity contribution in [2.24, 2.45) is 0 Å². The van der Waals surface area contributed by atoms with Gasteiger partial charge in [-0.25, -0.2) is 0 Å². The highest BCUT2D eigenvalue weighted by molar-refractivity contribution is 8.18. The van der Waals surface area contributed by atoms with Crippen LogP contribution in [0.1, 0.15) is 32.1 Å². The van der Waals surface area contributed by atoms with Crippen molar-refractivity contribution in [2.45, 2.75) is 42.4 Å². The number of hydroxylamine groups is 2. The number of nitrogens with zero attached hydrogens (tertiary/aromatic N) is 1. The first kappa shape index (κ1) is 9.82. The predicted molar refractivity (Wildman–Crippen MR) is 62.3 cm³/mol. The van der Waals surface area contributed by atoms with E-state index in [2.05, 4.69) is 5.06 Å². The molecule has 3 saturated heterocycles. The van der Waals surface area contributed by atoms with Crippen molar-refractivity contribution in [3.63, 3.8) is 0 Å². The van der Waals surface area contributed by atoms with Gasteiger partial charge in [-0.3, -0.25) is 4.84 Å². The summed E-state index contributed by atoms with van der Waals surface area (Å²) in [6.45, 7) is 1.16. The molecule has 0 N–H and O–H groups in total. The molecule has 0 amide bonds. The maximum atomic E-state index is 6.15. The quantitative estimate of drug-likeness (QED) is 0.635. The Morgan fingerprint density at radius 3 is 2.79 bits per heavy atom. The maximum absolute atomic E-state index is 6.15. The lowest BCUT2D eigenvalue weighted by Gasteiger charge is -2.31. The van der Waals surface area contributed by atoms with Gasteiger partial charge in [0.1, 0.15) is 0 Å². The molecule has 3 rings (SSSR count). The summed E-state index contributed by atoms with van der Waals surface area (Å²) < 4.78 is 0.118. The van der Waals surface area contributed by atoms with Gasteiger partial charge in [0, 0.05) is 19.0 Å². The molecule has 1 atom stereocenters. The van der Waals surface area contributed by atoms with Crippen LogP contribution in [0.3, 0.4) is 0 Å². The van der Waals surface area contributed by atoms with Gasteiger partial charge in [0.15, 0.2) is 4.27 Å². The van der Waals surface area contributed by atoms with Crippen molar-refractivity contribution >= 4 is 23.5 Å². The number of hydrogen-bond acceptors (Lipinski definition) is 4. The van der Waals surface area contributed by atoms with Crippen LogP contribution >= 0.6 is 23.5 Å². The topological polar surface area (TPSA) is 12.5 Å². The van der Waals surface area contributed by atoms with Crippen molar-refractivity contribution in [2.75, 3.05) is 18.1 Å². The normalized spacial score (nSPS) is 37.3. The molecule has 3 aliphatic heterocycles. The first-order valence-corrected chi connectivity index (χ1v) is 7.59. The molecular weight excluding hydrogens is 214 g/mol. The lowest BCUT2D eigenvalue weighted by Crippen LogP contribution is -2.33. The van der Waals surface area contributed by atoms with Crippen LogP contribution in [0.15, 0.2) is 0 Å². The number of thioether (sulfide) groups is 2. The third-order valence-electron chi connectivity index (χ3n) is 3.25. The molecule has 0 aromatic heterocycles. The average Bonchev–Trinajstić information content (AvgIpc) is 2.56. The summed E-state index contributed by atoms with van der Waals surface area (Å²) in [5, 5.41) is 2.27. The minimum absolute atomic E-state index is 0.118. The van der Waals surface area contributed by atoms with E-state index in [-0.39, 0.29) is 4.27 Å². The molecule has 14 heavy (non-hydrogen) atoms. The van der Waals surface area contributed by atoms with Gasteiger partial charge in [0.25, 0.3) is 0 Å². The molecular formula is C10H17NOS2. The fourth-order valence-electron chi connectivity index (χ4n) is 2.53. The molecule has 2 nitrogen and oxygen atoms in total. The highest BCUT2D eigenvalue weighted by Crippen LogP contribution is 2.52. The van der Waals surface area contributed by atoms with Crippen LogP contribution in [-0.4, -0.2) is 33.4 Å². The fraction of sp³-hybridized carbons (Fsp3) is 1.00. The summed E-state index contributed by atoms with van der Waals surface area (Å²) in [5.74, 6) is 2.57. The zero-order valence-electron chi connectivity index (χ0n) is 8.41. The molecule has 1 unspecified atom stereocenters. The fourth-order valence-corrected chi connectivity index (χ4v) is 5.66. The van der Waals surface area contributed by atoms with Gasteiger partial charge in [0.2, 0.25) is 0 Å². The lowest BCUT2D eigenvalue weighted by molar-refractivity contribution is -0.159. The third-order valence-corrected chi connectivity index (χ3v) is 6.30. The molecule has 0 saturated carbocycles. The molecule has 3 aliphatic rings. The molecule has 3 fully saturated rings. The predicted octanol–water partition coefficient (Wildman–Crippen LogP) is 2.70. The van der Waals surface area contributed by atoms with E-state index in [4.69, 9.17) is 4.84 Å². The van der Waals surface area contributed by atoms with Crippen LogP contribution in [0.4, 0.5) is 0 Å². The number of rotatable bonds is 0. The van der Waals surface area contributed by atoms with Crippen LogP contribution in [0.5, 0.6) is 0 Å². The van der Waals surface area contributed by atoms with E-state index in [0.717, 1.165) is 12.6 Å². The lowest BCUT2D eigenvalue weighted by atomic mass is 10.0. The largest absolute Gasteiger partial charge is 0.270 e. The Kier molecular flexibility index (Phi) is 2.73. The van der Waals surface area contributed by atoms with Crippen LogP contribution < -0.4 is 0 Å². The second-order valence-electron chi connectivity index (χ2n) is 4.32. The Balaban J connectivity index is 1.71. The molecule has 0 aliphatic carbocycles. The van der Waals surface area contributed by atoms with E-state index in [1.807, 2.05) is 23.5 Å². The van der Waals surface area contributed by atoms with Crippen molar-refractivity contribution in [3.05, 3.63) is 0 Å². The van der Waals surface area contributed by atoms with E-state index >= 15 is 0 Å². The third kappa shape index (κ3) is 1.70. The van der Waals surface area contributed by atoms with E-state index in [0.29, 0.717) is 0 Å². The van der Waals surface area contributed by atoms with Gasteiger partial charge < -0.3 is 0 Å². The average molecular weight is 231 g/mol. The van der Waals surface area contributed by atoms with E-state index in [1.165, 1.54) is 43.6 Å². The Hall–Kier alpha value is 0.620. The second-order valence-corrected chi connectivity index (χ2v) is 7.29. The number of hydrogen-bond donors (Lipinski definition) is 0. The number of piperidine rings is 1. The second kappa shape index (κ2) is 3.89. The van der Waals surface area contributed by atoms with Crippen LogP contribution in [-0.2, 0) is 4.84 Å². The Bertz CT molecular complexity index is 202. The first-order chi connectivity index (χ1) is 6.88. The maximum Gasteiger partial charge on any atom is 0.182 e. The molecule has 0 aromatic rings. The summed E-state index contributed by atoms with van der Waals surface area (Å²) in [6, 6.07) is 0.724. The molecule has 1 spiro atoms. The van der Waals surface area contributed by atoms with Gasteiger partial charge in [-0.1, -0.05) is 6.42 Å². The Morgan fingerprint density at radius 1 is 1.14 bits per heavy atom. The molecule has 80 valence electrons. The minimum Gasteiger partial charge on any atom is -0.270 e. The highest BCUT2D eigenvalue weighted by Gasteiger charge is 2.48. The van der Waals surface area contributed by atoms with Crippen LogP contribution in [0.2, 0.25) is 0 Å². The van der Waals surface area contributed by atoms with E-state index in [9.17, 15) is 0 Å². The standard InChI is InChI=1S/C10H17NOS2/c1-2-5-11-9(4-1)8-10(12-11)13-6-3-7-14-10/h9H,1-8H2. The van der Waals surface area contributed by atoms with Crippen molar-refractivity contribution < 1.29 is 4.84 Å². The zero-order valence-corrected chi connectivity index (χ0v) is 10.0. The Morgan fingerprint density at radius 2 is 2.00 bits per heavy atom. The van der Waals surface area contributed by atoms with Crippen LogP contribution in [0.25, 0.3) is 0 Å². The molecule has 0 bridgehead atoms. The highest BCUT2D eigenvalue weighted by atomic mass is 32.2. The van der Waals surface area contributed by atoms with Gasteiger partial charge >= 0.3 is 0 Å². The van der Waals surface area contributed by atoms with Gasteiger partial charge in [-0.15, -0.1) is 23.5 Å². The molecule has 0 aromatic carbocycles. The Labute approximate surface area is 94.1 Å². The zero-order chi connectivity index (χ0) is 9.43. The summed E-state index contributed by atoms with van der Waals surface area (Å²) in [6.07, 6.45) is 6.67.